The summed E-state index contributed by atoms with van der Waals surface area (Å²) in [6.45, 7) is 3.27. The van der Waals surface area contributed by atoms with Crippen LogP contribution in [0.4, 0.5) is 0 Å². The van der Waals surface area contributed by atoms with E-state index in [0.29, 0.717) is 19.6 Å². The molecule has 0 bridgehead atoms. The monoisotopic (exact) mass is 663 g/mol. The van der Waals surface area contributed by atoms with Crippen molar-refractivity contribution in [1.82, 2.24) is 0 Å². The summed E-state index contributed by atoms with van der Waals surface area (Å²) >= 11 is 0. The fourth-order valence-electron chi connectivity index (χ4n) is 6.70. The van der Waals surface area contributed by atoms with Gasteiger partial charge >= 0.3 is 5.97 Å². The number of unbranched alkanes of at least 4 members (excludes halogenated alkanes) is 34. The summed E-state index contributed by atoms with van der Waals surface area (Å²) in [6, 6.07) is 0. The number of ether oxygens (including phenoxy) is 1. The van der Waals surface area contributed by atoms with Crippen molar-refractivity contribution in [2.75, 3.05) is 13.2 Å². The maximum atomic E-state index is 12.0. The summed E-state index contributed by atoms with van der Waals surface area (Å²) in [6.07, 6.45) is 54.6. The SMILES string of the molecule is CCCCCCCC/C=C\CCCCCCCC(=O)OCCCCCCCCCCCCCCCCCCCCCCCCCCO. The number of aliphatic hydroxyl groups is 1. The number of rotatable bonds is 41. The van der Waals surface area contributed by atoms with Crippen LogP contribution in [0, 0.1) is 0 Å². The molecule has 0 spiro atoms. The number of aliphatic hydroxyl groups excluding tert-OH is 1. The van der Waals surface area contributed by atoms with Crippen molar-refractivity contribution >= 4 is 5.97 Å². The summed E-state index contributed by atoms with van der Waals surface area (Å²) in [7, 11) is 0. The molecule has 0 aromatic carbocycles. The van der Waals surface area contributed by atoms with Gasteiger partial charge in [0.2, 0.25) is 0 Å². The van der Waals surface area contributed by atoms with E-state index in [4.69, 9.17) is 9.84 Å². The van der Waals surface area contributed by atoms with Gasteiger partial charge in [0, 0.05) is 13.0 Å². The lowest BCUT2D eigenvalue weighted by Crippen LogP contribution is -2.05. The fourth-order valence-corrected chi connectivity index (χ4v) is 6.70. The Morgan fingerprint density at radius 3 is 1.06 bits per heavy atom. The Kier molecular flexibility index (Phi) is 42.4. The highest BCUT2D eigenvalue weighted by Crippen LogP contribution is 2.16. The molecular weight excluding hydrogens is 576 g/mol. The van der Waals surface area contributed by atoms with Crippen LogP contribution in [0.25, 0.3) is 0 Å². The third kappa shape index (κ3) is 43.1. The molecule has 0 aromatic rings. The second-order valence-electron chi connectivity index (χ2n) is 14.8. The Morgan fingerprint density at radius 2 is 0.702 bits per heavy atom. The Hall–Kier alpha value is -0.830. The number of hydrogen-bond donors (Lipinski definition) is 1. The molecule has 0 aliphatic heterocycles. The summed E-state index contributed by atoms with van der Waals surface area (Å²) in [5, 5.41) is 8.80. The molecule has 3 heteroatoms. The minimum absolute atomic E-state index is 0.0156. The van der Waals surface area contributed by atoms with Gasteiger partial charge < -0.3 is 9.84 Å². The first-order chi connectivity index (χ1) is 23.3. The molecule has 0 aliphatic carbocycles. The maximum Gasteiger partial charge on any atom is 0.305 e. The van der Waals surface area contributed by atoms with Gasteiger partial charge in [-0.1, -0.05) is 212 Å². The third-order valence-electron chi connectivity index (χ3n) is 9.96. The van der Waals surface area contributed by atoms with E-state index in [1.807, 2.05) is 0 Å². The van der Waals surface area contributed by atoms with Gasteiger partial charge in [0.25, 0.3) is 0 Å². The van der Waals surface area contributed by atoms with Gasteiger partial charge in [0.1, 0.15) is 0 Å². The van der Waals surface area contributed by atoms with Crippen molar-refractivity contribution in [3.8, 4) is 0 Å². The number of allylic oxidation sites excluding steroid dienone is 2. The van der Waals surface area contributed by atoms with Crippen LogP contribution < -0.4 is 0 Å². The van der Waals surface area contributed by atoms with Crippen LogP contribution in [0.3, 0.4) is 0 Å². The minimum Gasteiger partial charge on any atom is -0.466 e. The van der Waals surface area contributed by atoms with E-state index in [1.54, 1.807) is 0 Å². The summed E-state index contributed by atoms with van der Waals surface area (Å²) in [4.78, 5) is 12.0. The molecule has 0 unspecified atom stereocenters. The zero-order valence-electron chi connectivity index (χ0n) is 32.2. The fraction of sp³-hybridized carbons (Fsp3) is 0.932. The summed E-state index contributed by atoms with van der Waals surface area (Å²) in [5.74, 6) is 0.0156. The lowest BCUT2D eigenvalue weighted by molar-refractivity contribution is -0.143. The molecule has 280 valence electrons. The standard InChI is InChI=1S/C44H86O3/c1-2-3-4-5-6-7-8-9-20-23-26-29-32-35-38-41-44(46)47-43-40-37-34-31-28-25-22-19-17-15-13-11-10-12-14-16-18-21-24-27-30-33-36-39-42-45/h9,20,45H,2-8,10-19,21-43H2,1H3/b20-9-. The molecule has 0 heterocycles. The molecule has 3 nitrogen and oxygen atoms in total. The van der Waals surface area contributed by atoms with Crippen molar-refractivity contribution in [2.24, 2.45) is 0 Å². The Morgan fingerprint density at radius 1 is 0.404 bits per heavy atom. The highest BCUT2D eigenvalue weighted by Gasteiger charge is 2.03. The molecular formula is C44H86O3. The van der Waals surface area contributed by atoms with E-state index in [9.17, 15) is 4.79 Å². The number of hydrogen-bond acceptors (Lipinski definition) is 3. The van der Waals surface area contributed by atoms with E-state index in [-0.39, 0.29) is 5.97 Å². The second kappa shape index (κ2) is 43.2. The van der Waals surface area contributed by atoms with E-state index >= 15 is 0 Å². The molecule has 0 aliphatic rings. The van der Waals surface area contributed by atoms with Gasteiger partial charge in [-0.2, -0.15) is 0 Å². The number of esters is 1. The van der Waals surface area contributed by atoms with Crippen molar-refractivity contribution in [2.45, 2.75) is 251 Å². The molecule has 0 fully saturated rings. The minimum atomic E-state index is 0.0156. The molecule has 0 atom stereocenters. The molecule has 0 saturated heterocycles. The predicted octanol–water partition coefficient (Wildman–Crippen LogP) is 14.9. The van der Waals surface area contributed by atoms with E-state index < -0.39 is 0 Å². The van der Waals surface area contributed by atoms with Crippen molar-refractivity contribution in [3.63, 3.8) is 0 Å². The quantitative estimate of drug-likeness (QED) is 0.0402. The zero-order chi connectivity index (χ0) is 34.0. The van der Waals surface area contributed by atoms with E-state index in [1.165, 1.54) is 212 Å². The molecule has 0 rings (SSSR count). The van der Waals surface area contributed by atoms with Crippen LogP contribution in [0.15, 0.2) is 12.2 Å². The van der Waals surface area contributed by atoms with Gasteiger partial charge in [-0.15, -0.1) is 0 Å². The lowest BCUT2D eigenvalue weighted by atomic mass is 10.0. The van der Waals surface area contributed by atoms with E-state index in [0.717, 1.165) is 25.7 Å². The lowest BCUT2D eigenvalue weighted by Gasteiger charge is -2.06. The second-order valence-corrected chi connectivity index (χ2v) is 14.8. The van der Waals surface area contributed by atoms with Crippen LogP contribution in [0.1, 0.15) is 251 Å². The van der Waals surface area contributed by atoms with Gasteiger partial charge in [0.05, 0.1) is 6.61 Å². The smallest absolute Gasteiger partial charge is 0.305 e. The Labute approximate surface area is 296 Å². The average molecular weight is 663 g/mol. The molecule has 0 aromatic heterocycles. The van der Waals surface area contributed by atoms with Gasteiger partial charge in [0.15, 0.2) is 0 Å². The van der Waals surface area contributed by atoms with Gasteiger partial charge in [-0.05, 0) is 44.9 Å². The summed E-state index contributed by atoms with van der Waals surface area (Å²) in [5.41, 5.74) is 0. The van der Waals surface area contributed by atoms with Crippen LogP contribution >= 0.6 is 0 Å². The summed E-state index contributed by atoms with van der Waals surface area (Å²) < 4.78 is 5.46. The van der Waals surface area contributed by atoms with Crippen molar-refractivity contribution in [3.05, 3.63) is 12.2 Å². The van der Waals surface area contributed by atoms with Gasteiger partial charge in [-0.25, -0.2) is 0 Å². The molecule has 0 radical (unpaired) electrons. The first kappa shape index (κ1) is 46.2. The Bertz CT molecular complexity index is 601. The van der Waals surface area contributed by atoms with Gasteiger partial charge in [-0.3, -0.25) is 4.79 Å². The Balaban J connectivity index is 3.16. The molecule has 47 heavy (non-hydrogen) atoms. The van der Waals surface area contributed by atoms with Crippen LogP contribution in [-0.4, -0.2) is 24.3 Å². The third-order valence-corrected chi connectivity index (χ3v) is 9.96. The highest BCUT2D eigenvalue weighted by atomic mass is 16.5. The largest absolute Gasteiger partial charge is 0.466 e. The first-order valence-corrected chi connectivity index (χ1v) is 21.7. The van der Waals surface area contributed by atoms with Crippen LogP contribution in [-0.2, 0) is 9.53 Å². The number of carbonyl (C=O) groups is 1. The molecule has 1 N–H and O–H groups in total. The topological polar surface area (TPSA) is 46.5 Å². The highest BCUT2D eigenvalue weighted by molar-refractivity contribution is 5.69. The zero-order valence-corrected chi connectivity index (χ0v) is 32.2. The van der Waals surface area contributed by atoms with Crippen LogP contribution in [0.2, 0.25) is 0 Å². The number of carbonyl (C=O) groups excluding carboxylic acids is 1. The first-order valence-electron chi connectivity index (χ1n) is 21.7. The van der Waals surface area contributed by atoms with Crippen molar-refractivity contribution in [1.29, 1.82) is 0 Å². The van der Waals surface area contributed by atoms with Crippen LogP contribution in [0.5, 0.6) is 0 Å². The maximum absolute atomic E-state index is 12.0. The molecule has 0 saturated carbocycles. The normalized spacial score (nSPS) is 11.6. The predicted molar refractivity (Wildman–Crippen MR) is 208 cm³/mol. The van der Waals surface area contributed by atoms with E-state index in [2.05, 4.69) is 19.1 Å². The van der Waals surface area contributed by atoms with Crippen molar-refractivity contribution < 1.29 is 14.6 Å². The molecule has 0 amide bonds. The average Bonchev–Trinajstić information content (AvgIpc) is 3.08.